The zero-order chi connectivity index (χ0) is 47.3. The van der Waals surface area contributed by atoms with E-state index in [0.717, 1.165) is 95.6 Å². The number of hydrogen-bond donors (Lipinski definition) is 2. The fourth-order valence-electron chi connectivity index (χ4n) is 9.79. The summed E-state index contributed by atoms with van der Waals surface area (Å²) in [6.45, 7) is 11.7. The predicted molar refractivity (Wildman–Crippen MR) is 267 cm³/mol. The first-order chi connectivity index (χ1) is 34.3. The van der Waals surface area contributed by atoms with Gasteiger partial charge in [0.05, 0.1) is 66.2 Å². The molecule has 0 atom stereocenters. The van der Waals surface area contributed by atoms with Gasteiger partial charge >= 0.3 is 0 Å². The number of benzene rings is 2. The lowest BCUT2D eigenvalue weighted by Crippen LogP contribution is -2.36. The van der Waals surface area contributed by atoms with Crippen molar-refractivity contribution in [1.82, 2.24) is 68.2 Å². The predicted octanol–water partition coefficient (Wildman–Crippen LogP) is 6.97. The van der Waals surface area contributed by atoms with Crippen molar-refractivity contribution in [1.29, 1.82) is 0 Å². The third-order valence-electron chi connectivity index (χ3n) is 13.3. The normalized spacial score (nSPS) is 14.8. The van der Waals surface area contributed by atoms with Crippen LogP contribution in [0.25, 0.3) is 56.4 Å². The molecular formula is C51H53N17O2. The molecule has 12 rings (SSSR count). The maximum absolute atomic E-state index is 5.70. The van der Waals surface area contributed by atoms with E-state index in [0.29, 0.717) is 84.6 Å². The van der Waals surface area contributed by atoms with Gasteiger partial charge in [-0.1, -0.05) is 18.2 Å². The smallest absolute Gasteiger partial charge is 0.203 e. The third kappa shape index (κ3) is 8.19. The van der Waals surface area contributed by atoms with Crippen LogP contribution < -0.4 is 15.5 Å². The molecule has 0 radical (unpaired) electrons. The minimum Gasteiger partial charge on any atom is -0.381 e. The highest BCUT2D eigenvalue weighted by atomic mass is 16.5. The summed E-state index contributed by atoms with van der Waals surface area (Å²) in [7, 11) is 1.84. The largest absolute Gasteiger partial charge is 0.381 e. The lowest BCUT2D eigenvalue weighted by atomic mass is 9.91. The van der Waals surface area contributed by atoms with Gasteiger partial charge in [-0.25, -0.2) is 19.9 Å². The van der Waals surface area contributed by atoms with Gasteiger partial charge in [0.25, 0.3) is 0 Å². The van der Waals surface area contributed by atoms with Crippen molar-refractivity contribution in [2.45, 2.75) is 65.1 Å². The van der Waals surface area contributed by atoms with Gasteiger partial charge in [-0.15, -0.1) is 20.4 Å². The summed E-state index contributed by atoms with van der Waals surface area (Å²) in [6.07, 6.45) is 8.18. The van der Waals surface area contributed by atoms with Crippen molar-refractivity contribution in [2.75, 3.05) is 62.1 Å². The molecule has 2 fully saturated rings. The second-order valence-corrected chi connectivity index (χ2v) is 18.3. The van der Waals surface area contributed by atoms with Crippen LogP contribution in [0, 0.1) is 6.92 Å². The Balaban J connectivity index is 0.924. The van der Waals surface area contributed by atoms with Gasteiger partial charge in [-0.05, 0) is 99.7 Å². The highest BCUT2D eigenvalue weighted by Crippen LogP contribution is 2.34. The number of aromatic nitrogens is 14. The topological polar surface area (TPSA) is 193 Å². The Morgan fingerprint density at radius 3 is 2.17 bits per heavy atom. The Bertz CT molecular complexity index is 3530. The Labute approximate surface area is 403 Å². The Kier molecular flexibility index (Phi) is 11.3. The molecule has 0 bridgehead atoms. The summed E-state index contributed by atoms with van der Waals surface area (Å²) in [4.78, 5) is 33.1. The van der Waals surface area contributed by atoms with Crippen molar-refractivity contribution in [3.05, 3.63) is 126 Å². The highest BCUT2D eigenvalue weighted by Gasteiger charge is 2.24. The van der Waals surface area contributed by atoms with Gasteiger partial charge in [-0.3, -0.25) is 18.8 Å². The molecule has 2 aliphatic rings. The number of ether oxygens (including phenoxy) is 2. The van der Waals surface area contributed by atoms with Crippen LogP contribution in [-0.2, 0) is 29.0 Å². The van der Waals surface area contributed by atoms with Gasteiger partial charge < -0.3 is 34.1 Å². The van der Waals surface area contributed by atoms with Gasteiger partial charge in [0, 0.05) is 69.4 Å². The number of nitrogens with one attached hydrogen (secondary N) is 2. The molecule has 2 saturated heterocycles. The number of anilines is 3. The molecule has 0 saturated carbocycles. The van der Waals surface area contributed by atoms with E-state index in [-0.39, 0.29) is 6.04 Å². The lowest BCUT2D eigenvalue weighted by molar-refractivity contribution is 0.0853. The first-order valence-corrected chi connectivity index (χ1v) is 24.0. The quantitative estimate of drug-likeness (QED) is 0.120. The molecule has 8 aromatic heterocycles. The molecule has 19 heteroatoms. The molecule has 0 amide bonds. The molecule has 2 N–H and O–H groups in total. The molecule has 19 nitrogen and oxygen atoms in total. The minimum atomic E-state index is 0.0774. The van der Waals surface area contributed by atoms with Gasteiger partial charge in [0.15, 0.2) is 23.3 Å². The number of hydrogen-bond acceptors (Lipinski definition) is 15. The van der Waals surface area contributed by atoms with E-state index in [9.17, 15) is 0 Å². The standard InChI is InChI=1S/C51H53N17O2/c1-31(2)54-47-51-63-61-45(68(51)30-42(57-47)48-58-39-13-12-38(64-18-22-70-23-19-64)26-44(39)67(48)27-36-8-5-6-17-53-36)25-35-9-7-10-37(55-35)28-66-43-14-11-34(33-15-20-69-21-16-33)24-40(43)59-49(66)41-29-65-32(3)60-62-50(65)46(52-4)56-41/h5-14,17,24,26,29-31,33H,15-16,18-23,25,27-28H2,1-4H3,(H,52,56)(H,54,57). The molecule has 354 valence electrons. The number of aryl methyl sites for hydroxylation is 1. The average molecular weight is 936 g/mol. The Morgan fingerprint density at radius 2 is 1.37 bits per heavy atom. The van der Waals surface area contributed by atoms with E-state index in [4.69, 9.17) is 49.6 Å². The van der Waals surface area contributed by atoms with E-state index in [1.165, 1.54) is 5.56 Å². The number of nitrogens with zero attached hydrogens (tertiary/aromatic N) is 15. The first kappa shape index (κ1) is 43.4. The second-order valence-electron chi connectivity index (χ2n) is 18.3. The zero-order valence-corrected chi connectivity index (χ0v) is 39.6. The maximum atomic E-state index is 5.70. The molecular weight excluding hydrogens is 883 g/mol. The van der Waals surface area contributed by atoms with Crippen LogP contribution in [-0.4, -0.2) is 121 Å². The summed E-state index contributed by atoms with van der Waals surface area (Å²) in [5.41, 5.74) is 11.4. The van der Waals surface area contributed by atoms with Crippen LogP contribution in [0.3, 0.4) is 0 Å². The summed E-state index contributed by atoms with van der Waals surface area (Å²) >= 11 is 0. The second kappa shape index (κ2) is 18.2. The number of fused-ring (bicyclic) bond motifs is 4. The SMILES string of the molecule is CNc1nc(-c2nc3cc(C4CCOCC4)ccc3n2Cc2cccc(Cc3nnc4c(NC(C)C)nc(-c5nc6ccc(N7CCOCC7)cc6n5Cc5ccccn5)cn34)n2)cn2c(C)nnc12. The van der Waals surface area contributed by atoms with Crippen molar-refractivity contribution >= 4 is 50.7 Å². The number of rotatable bonds is 13. The number of pyridine rings is 2. The molecule has 2 aliphatic heterocycles. The lowest BCUT2D eigenvalue weighted by Gasteiger charge is -2.28. The zero-order valence-electron chi connectivity index (χ0n) is 39.6. The van der Waals surface area contributed by atoms with Gasteiger partial charge in [0.1, 0.15) is 23.0 Å². The maximum Gasteiger partial charge on any atom is 0.203 e. The fraction of sp³-hybridized carbons (Fsp3) is 0.333. The monoisotopic (exact) mass is 935 g/mol. The van der Waals surface area contributed by atoms with E-state index in [2.05, 4.69) is 97.2 Å². The summed E-state index contributed by atoms with van der Waals surface area (Å²) < 4.78 is 19.8. The molecule has 10 aromatic rings. The average Bonchev–Trinajstić information content (AvgIpc) is 4.17. The van der Waals surface area contributed by atoms with Crippen LogP contribution in [0.4, 0.5) is 17.3 Å². The highest BCUT2D eigenvalue weighted by molar-refractivity contribution is 5.85. The number of imidazole rings is 2. The van der Waals surface area contributed by atoms with Crippen LogP contribution in [0.1, 0.15) is 66.9 Å². The van der Waals surface area contributed by atoms with Crippen LogP contribution in [0.5, 0.6) is 0 Å². The molecule has 10 heterocycles. The molecule has 0 aliphatic carbocycles. The molecule has 0 spiro atoms. The Hall–Kier alpha value is -7.90. The fourth-order valence-corrected chi connectivity index (χ4v) is 9.79. The summed E-state index contributed by atoms with van der Waals surface area (Å²) in [5, 5.41) is 24.9. The summed E-state index contributed by atoms with van der Waals surface area (Å²) in [5.74, 6) is 4.57. The first-order valence-electron chi connectivity index (χ1n) is 24.0. The Morgan fingerprint density at radius 1 is 0.657 bits per heavy atom. The van der Waals surface area contributed by atoms with E-state index in [1.807, 2.05) is 65.6 Å². The van der Waals surface area contributed by atoms with E-state index in [1.54, 1.807) is 0 Å². The van der Waals surface area contributed by atoms with Gasteiger partial charge in [-0.2, -0.15) is 0 Å². The van der Waals surface area contributed by atoms with Crippen LogP contribution in [0.15, 0.2) is 91.4 Å². The van der Waals surface area contributed by atoms with Crippen LogP contribution >= 0.6 is 0 Å². The molecule has 2 aromatic carbocycles. The van der Waals surface area contributed by atoms with Crippen LogP contribution in [0.2, 0.25) is 0 Å². The van der Waals surface area contributed by atoms with Gasteiger partial charge in [0.2, 0.25) is 11.3 Å². The van der Waals surface area contributed by atoms with E-state index < -0.39 is 0 Å². The molecule has 70 heavy (non-hydrogen) atoms. The minimum absolute atomic E-state index is 0.0774. The van der Waals surface area contributed by atoms with Crippen molar-refractivity contribution in [3.8, 4) is 23.0 Å². The van der Waals surface area contributed by atoms with E-state index >= 15 is 0 Å². The number of morpholine rings is 1. The van der Waals surface area contributed by atoms with Crippen molar-refractivity contribution in [2.24, 2.45) is 0 Å². The van der Waals surface area contributed by atoms with Crippen molar-refractivity contribution < 1.29 is 9.47 Å². The van der Waals surface area contributed by atoms with Crippen molar-refractivity contribution in [3.63, 3.8) is 0 Å². The molecule has 0 unspecified atom stereocenters. The third-order valence-corrected chi connectivity index (χ3v) is 13.3. The summed E-state index contributed by atoms with van der Waals surface area (Å²) in [6, 6.07) is 25.3.